The standard InChI is InChI=1S/C46H72N8O8/c1-6-7-8-9-10-11-12-15-24-49-25-21-41(57)52-37(16-13-14-22-47)46(61)54(5)42-34-18-20-40(62-26-23-48)36(29-34)35-27-33(17-19-39(35)56)28-38(44(59)50-30(2)32(4)55)53-43(58)31(3)51-45(42)60/h17-20,27,29-31,37-38,42,49,56H,6-16,21-26,28,47-48H2,1-5H3,(H,50,59)(H,51,60)(H,52,57)(H,53,58)/t30-,31-,37-,38-,42-/m0/s1. The average molecular weight is 865 g/mol. The molecule has 0 unspecified atom stereocenters. The number of nitrogens with one attached hydrogen (secondary N) is 5. The lowest BCUT2D eigenvalue weighted by atomic mass is 9.93. The molecular formula is C46H72N8O8. The van der Waals surface area contributed by atoms with Gasteiger partial charge in [0.2, 0.25) is 29.5 Å². The highest BCUT2D eigenvalue weighted by atomic mass is 16.5. The molecule has 3 rings (SSSR count). The molecule has 1 aliphatic heterocycles. The molecule has 0 aromatic heterocycles. The Bertz CT molecular complexity index is 1790. The minimum Gasteiger partial charge on any atom is -0.507 e. The van der Waals surface area contributed by atoms with Crippen LogP contribution in [0.15, 0.2) is 36.4 Å². The van der Waals surface area contributed by atoms with Crippen molar-refractivity contribution in [2.75, 3.05) is 39.8 Å². The van der Waals surface area contributed by atoms with Gasteiger partial charge in [-0.1, -0.05) is 64.0 Å². The summed E-state index contributed by atoms with van der Waals surface area (Å²) >= 11 is 0. The van der Waals surface area contributed by atoms with Crippen molar-refractivity contribution >= 4 is 35.3 Å². The van der Waals surface area contributed by atoms with Crippen LogP contribution in [-0.4, -0.2) is 109 Å². The van der Waals surface area contributed by atoms with Gasteiger partial charge in [-0.05, 0) is 94.9 Å². The lowest BCUT2D eigenvalue weighted by molar-refractivity contribution is -0.143. The fraction of sp³-hybridized carbons (Fsp3) is 0.609. The minimum atomic E-state index is -1.34. The lowest BCUT2D eigenvalue weighted by Crippen LogP contribution is -2.56. The number of nitrogens with zero attached hydrogens (tertiary/aromatic N) is 1. The topological polar surface area (TPSA) is 247 Å². The predicted octanol–water partition coefficient (Wildman–Crippen LogP) is 3.27. The molecule has 4 bridgehead atoms. The van der Waals surface area contributed by atoms with Crippen molar-refractivity contribution in [3.05, 3.63) is 47.5 Å². The van der Waals surface area contributed by atoms with Crippen LogP contribution in [0.1, 0.15) is 122 Å². The average Bonchev–Trinajstić information content (AvgIpc) is 3.24. The maximum Gasteiger partial charge on any atom is 0.248 e. The van der Waals surface area contributed by atoms with Crippen molar-refractivity contribution in [3.63, 3.8) is 0 Å². The first-order chi connectivity index (χ1) is 29.7. The van der Waals surface area contributed by atoms with E-state index in [1.807, 2.05) is 0 Å². The highest BCUT2D eigenvalue weighted by Gasteiger charge is 2.36. The molecule has 1 heterocycles. The summed E-state index contributed by atoms with van der Waals surface area (Å²) in [4.78, 5) is 82.7. The van der Waals surface area contributed by atoms with E-state index >= 15 is 0 Å². The Morgan fingerprint density at radius 2 is 1.58 bits per heavy atom. The molecule has 1 aliphatic rings. The molecule has 0 spiro atoms. The quantitative estimate of drug-likeness (QED) is 0.0674. The van der Waals surface area contributed by atoms with Crippen LogP contribution >= 0.6 is 0 Å². The first-order valence-electron chi connectivity index (χ1n) is 22.4. The van der Waals surface area contributed by atoms with Gasteiger partial charge in [-0.15, -0.1) is 0 Å². The molecule has 0 radical (unpaired) electrons. The Hall–Kier alpha value is -5.06. The van der Waals surface area contributed by atoms with Crippen molar-refractivity contribution in [2.45, 2.75) is 141 Å². The van der Waals surface area contributed by atoms with Gasteiger partial charge in [0.15, 0.2) is 5.78 Å². The molecule has 16 nitrogen and oxygen atoms in total. The van der Waals surface area contributed by atoms with E-state index < -0.39 is 53.8 Å². The monoisotopic (exact) mass is 865 g/mol. The molecule has 0 saturated heterocycles. The number of phenolic OH excluding ortho intramolecular Hbond substituents is 1. The Morgan fingerprint density at radius 1 is 0.871 bits per heavy atom. The summed E-state index contributed by atoms with van der Waals surface area (Å²) < 4.78 is 6.00. The summed E-state index contributed by atoms with van der Waals surface area (Å²) in [6.45, 7) is 8.50. The van der Waals surface area contributed by atoms with Gasteiger partial charge in [-0.3, -0.25) is 28.8 Å². The lowest BCUT2D eigenvalue weighted by Gasteiger charge is -2.32. The summed E-state index contributed by atoms with van der Waals surface area (Å²) in [6, 6.07) is 4.07. The molecule has 2 aromatic rings. The van der Waals surface area contributed by atoms with Gasteiger partial charge in [0.05, 0.1) is 6.04 Å². The Kier molecular flexibility index (Phi) is 22.4. The number of nitrogens with two attached hydrogens (primary N) is 2. The van der Waals surface area contributed by atoms with Gasteiger partial charge in [0.25, 0.3) is 0 Å². The molecule has 0 fully saturated rings. The van der Waals surface area contributed by atoms with Gasteiger partial charge in [0, 0.05) is 44.1 Å². The zero-order valence-corrected chi connectivity index (χ0v) is 37.5. The third kappa shape index (κ3) is 16.3. The predicted molar refractivity (Wildman–Crippen MR) is 240 cm³/mol. The Labute approximate surface area is 367 Å². The highest BCUT2D eigenvalue weighted by Crippen LogP contribution is 2.39. The number of amides is 5. The third-order valence-corrected chi connectivity index (χ3v) is 11.1. The third-order valence-electron chi connectivity index (χ3n) is 11.1. The van der Waals surface area contributed by atoms with Gasteiger partial charge in [0.1, 0.15) is 42.3 Å². The van der Waals surface area contributed by atoms with Gasteiger partial charge in [-0.2, -0.15) is 0 Å². The van der Waals surface area contributed by atoms with Crippen molar-refractivity contribution in [1.82, 2.24) is 31.5 Å². The maximum atomic E-state index is 14.5. The largest absolute Gasteiger partial charge is 0.507 e. The number of carbonyl (C=O) groups is 6. The van der Waals surface area contributed by atoms with E-state index in [0.717, 1.165) is 19.4 Å². The number of ketones is 1. The van der Waals surface area contributed by atoms with Crippen LogP contribution in [0.4, 0.5) is 0 Å². The van der Waals surface area contributed by atoms with E-state index in [2.05, 4.69) is 33.5 Å². The molecule has 0 saturated carbocycles. The van der Waals surface area contributed by atoms with Crippen LogP contribution in [-0.2, 0) is 35.2 Å². The zero-order chi connectivity index (χ0) is 45.6. The van der Waals surface area contributed by atoms with Crippen LogP contribution in [0.25, 0.3) is 11.1 Å². The molecule has 2 aromatic carbocycles. The van der Waals surface area contributed by atoms with Crippen molar-refractivity contribution in [3.8, 4) is 22.6 Å². The number of rotatable bonds is 25. The summed E-state index contributed by atoms with van der Waals surface area (Å²) in [5.74, 6) is -2.97. The second-order valence-corrected chi connectivity index (χ2v) is 16.3. The van der Waals surface area contributed by atoms with Crippen LogP contribution in [0.3, 0.4) is 0 Å². The van der Waals surface area contributed by atoms with Crippen molar-refractivity contribution in [2.24, 2.45) is 11.5 Å². The van der Waals surface area contributed by atoms with E-state index in [-0.39, 0.29) is 49.9 Å². The summed E-state index contributed by atoms with van der Waals surface area (Å²) in [7, 11) is 1.46. The van der Waals surface area contributed by atoms with Gasteiger partial charge in [-0.25, -0.2) is 0 Å². The number of benzene rings is 2. The minimum absolute atomic E-state index is 0.0265. The number of unbranched alkanes of at least 4 members (excludes halogenated alkanes) is 8. The van der Waals surface area contributed by atoms with Crippen molar-refractivity contribution < 1.29 is 38.6 Å². The number of phenols is 1. The first kappa shape index (κ1) is 51.3. The number of hydrogen-bond acceptors (Lipinski definition) is 11. The summed E-state index contributed by atoms with van der Waals surface area (Å²) in [6.07, 6.45) is 11.2. The molecule has 5 amide bonds. The smallest absolute Gasteiger partial charge is 0.248 e. The van der Waals surface area contributed by atoms with Crippen LogP contribution in [0, 0.1) is 0 Å². The number of hydrogen-bond donors (Lipinski definition) is 8. The van der Waals surface area contributed by atoms with E-state index in [9.17, 15) is 33.9 Å². The molecular weight excluding hydrogens is 793 g/mol. The molecule has 10 N–H and O–H groups in total. The summed E-state index contributed by atoms with van der Waals surface area (Å²) in [5.41, 5.74) is 13.1. The SMILES string of the molecule is CCCCCCCCCCNCCC(=O)N[C@@H](CCCCN)C(=O)N(C)[C@@H]1C(=O)N[C@@H](C)C(=O)N[C@H](C(=O)N[C@@H](C)C(C)=O)Cc2ccc(O)c(c2)-c2cc1ccc2OCCN. The van der Waals surface area contributed by atoms with Crippen LogP contribution in [0.2, 0.25) is 0 Å². The van der Waals surface area contributed by atoms with E-state index in [1.165, 1.54) is 77.3 Å². The van der Waals surface area contributed by atoms with Gasteiger partial charge < -0.3 is 52.8 Å². The Morgan fingerprint density at radius 3 is 2.26 bits per heavy atom. The fourth-order valence-electron chi connectivity index (χ4n) is 7.32. The van der Waals surface area contributed by atoms with E-state index in [0.29, 0.717) is 53.9 Å². The second-order valence-electron chi connectivity index (χ2n) is 16.3. The zero-order valence-electron chi connectivity index (χ0n) is 37.5. The number of ether oxygens (including phenoxy) is 1. The number of aromatic hydroxyl groups is 1. The van der Waals surface area contributed by atoms with Crippen LogP contribution < -0.4 is 42.8 Å². The van der Waals surface area contributed by atoms with Crippen molar-refractivity contribution in [1.29, 1.82) is 0 Å². The molecule has 16 heteroatoms. The van der Waals surface area contributed by atoms with Gasteiger partial charge >= 0.3 is 0 Å². The molecule has 344 valence electrons. The number of likely N-dealkylation sites (N-methyl/N-ethyl adjacent to an activating group) is 1. The normalized spacial score (nSPS) is 17.4. The Balaban J connectivity index is 1.96. The maximum absolute atomic E-state index is 14.5. The molecule has 0 aliphatic carbocycles. The van der Waals surface area contributed by atoms with E-state index in [1.54, 1.807) is 30.3 Å². The number of fused-ring (bicyclic) bond motifs is 5. The molecule has 62 heavy (non-hydrogen) atoms. The molecule has 5 atom stereocenters. The first-order valence-corrected chi connectivity index (χ1v) is 22.4. The van der Waals surface area contributed by atoms with Crippen LogP contribution in [0.5, 0.6) is 11.5 Å². The second kappa shape index (κ2) is 27.1. The van der Waals surface area contributed by atoms with E-state index in [4.69, 9.17) is 16.2 Å². The number of Topliss-reactive ketones (excluding diaryl/α,β-unsaturated/α-hetero) is 1. The number of carbonyl (C=O) groups excluding carboxylic acids is 6. The summed E-state index contributed by atoms with van der Waals surface area (Å²) in [5, 5.41) is 25.5. The fourth-order valence-corrected chi connectivity index (χ4v) is 7.32. The highest BCUT2D eigenvalue weighted by molar-refractivity contribution is 5.97.